The molecular formula is C16H24N2O2. The Morgan fingerprint density at radius 2 is 2.05 bits per heavy atom. The van der Waals surface area contributed by atoms with Gasteiger partial charge in [0.1, 0.15) is 5.75 Å². The van der Waals surface area contributed by atoms with Crippen molar-refractivity contribution in [1.29, 1.82) is 0 Å². The highest BCUT2D eigenvalue weighted by Crippen LogP contribution is 2.45. The minimum Gasteiger partial charge on any atom is -0.497 e. The lowest BCUT2D eigenvalue weighted by Gasteiger charge is -2.47. The summed E-state index contributed by atoms with van der Waals surface area (Å²) in [7, 11) is 1.64. The molecule has 1 aliphatic carbocycles. The maximum atomic E-state index is 12.9. The number of carbonyl (C=O) groups is 1. The first-order valence-corrected chi connectivity index (χ1v) is 7.27. The average Bonchev–Trinajstić information content (AvgIpc) is 2.44. The van der Waals surface area contributed by atoms with Gasteiger partial charge in [-0.15, -0.1) is 0 Å². The number of amides is 1. The van der Waals surface area contributed by atoms with Gasteiger partial charge >= 0.3 is 0 Å². The van der Waals surface area contributed by atoms with Crippen LogP contribution in [0.4, 0.5) is 0 Å². The van der Waals surface area contributed by atoms with Crippen LogP contribution in [-0.2, 0) is 10.2 Å². The van der Waals surface area contributed by atoms with Crippen molar-refractivity contribution in [2.75, 3.05) is 20.2 Å². The summed E-state index contributed by atoms with van der Waals surface area (Å²) in [6.07, 6.45) is 1.44. The van der Waals surface area contributed by atoms with Crippen molar-refractivity contribution in [2.45, 2.75) is 38.1 Å². The fourth-order valence-corrected chi connectivity index (χ4v) is 3.10. The number of benzene rings is 1. The summed E-state index contributed by atoms with van der Waals surface area (Å²) in [5, 5.41) is 0. The molecule has 110 valence electrons. The number of nitrogens with zero attached hydrogens (tertiary/aromatic N) is 1. The number of likely N-dealkylation sites (N-methyl/N-ethyl adjacent to an activating group) is 1. The van der Waals surface area contributed by atoms with Crippen molar-refractivity contribution in [3.63, 3.8) is 0 Å². The van der Waals surface area contributed by atoms with Crippen LogP contribution in [0.2, 0.25) is 0 Å². The van der Waals surface area contributed by atoms with E-state index in [0.717, 1.165) is 37.2 Å². The monoisotopic (exact) mass is 276 g/mol. The van der Waals surface area contributed by atoms with Crippen LogP contribution in [0.1, 0.15) is 32.3 Å². The molecule has 1 fully saturated rings. The van der Waals surface area contributed by atoms with Gasteiger partial charge in [-0.2, -0.15) is 0 Å². The van der Waals surface area contributed by atoms with E-state index in [1.807, 2.05) is 43.0 Å². The van der Waals surface area contributed by atoms with Crippen molar-refractivity contribution in [2.24, 2.45) is 5.73 Å². The summed E-state index contributed by atoms with van der Waals surface area (Å²) in [5.74, 6) is 0.979. The van der Waals surface area contributed by atoms with Crippen LogP contribution in [0, 0.1) is 0 Å². The number of carbonyl (C=O) groups excluding carboxylic acids is 1. The minimum atomic E-state index is -0.458. The SMILES string of the molecule is CCN(CC)C(=O)[C@]1(c2cccc(OC)c2)C[C@@H](N)C1. The van der Waals surface area contributed by atoms with Crippen LogP contribution >= 0.6 is 0 Å². The van der Waals surface area contributed by atoms with Crippen molar-refractivity contribution >= 4 is 5.91 Å². The standard InChI is InChI=1S/C16H24N2O2/c1-4-18(5-2)15(19)16(10-13(17)11-16)12-7-6-8-14(9-12)20-3/h6-9,13H,4-5,10-11,17H2,1-3H3/t13-,16-. The molecule has 2 N–H and O–H groups in total. The van der Waals surface area contributed by atoms with E-state index in [4.69, 9.17) is 10.5 Å². The summed E-state index contributed by atoms with van der Waals surface area (Å²) in [4.78, 5) is 14.8. The van der Waals surface area contributed by atoms with E-state index in [9.17, 15) is 4.79 Å². The van der Waals surface area contributed by atoms with Gasteiger partial charge in [-0.25, -0.2) is 0 Å². The molecule has 0 heterocycles. The Kier molecular flexibility index (Phi) is 4.33. The molecule has 1 aromatic rings. The molecule has 2 rings (SSSR count). The molecule has 4 heteroatoms. The Morgan fingerprint density at radius 1 is 1.40 bits per heavy atom. The summed E-state index contributed by atoms with van der Waals surface area (Å²) in [6, 6.07) is 7.93. The second kappa shape index (κ2) is 5.83. The zero-order chi connectivity index (χ0) is 14.8. The Bertz CT molecular complexity index is 477. The molecule has 1 amide bonds. The van der Waals surface area contributed by atoms with Crippen LogP contribution in [-0.4, -0.2) is 37.0 Å². The Labute approximate surface area is 120 Å². The number of nitrogens with two attached hydrogens (primary N) is 1. The van der Waals surface area contributed by atoms with Gasteiger partial charge in [0.15, 0.2) is 0 Å². The Hall–Kier alpha value is -1.55. The van der Waals surface area contributed by atoms with E-state index in [0.29, 0.717) is 0 Å². The predicted octanol–water partition coefficient (Wildman–Crippen LogP) is 1.92. The average molecular weight is 276 g/mol. The fraction of sp³-hybridized carbons (Fsp3) is 0.562. The largest absolute Gasteiger partial charge is 0.497 e. The third-order valence-electron chi connectivity index (χ3n) is 4.30. The maximum absolute atomic E-state index is 12.9. The Morgan fingerprint density at radius 3 is 2.55 bits per heavy atom. The highest BCUT2D eigenvalue weighted by molar-refractivity contribution is 5.89. The molecule has 0 unspecified atom stereocenters. The van der Waals surface area contributed by atoms with Crippen LogP contribution in [0.3, 0.4) is 0 Å². The molecule has 4 nitrogen and oxygen atoms in total. The first-order chi connectivity index (χ1) is 9.57. The third-order valence-corrected chi connectivity index (χ3v) is 4.30. The molecule has 0 atom stereocenters. The fourth-order valence-electron chi connectivity index (χ4n) is 3.10. The van der Waals surface area contributed by atoms with Crippen molar-refractivity contribution in [3.05, 3.63) is 29.8 Å². The third kappa shape index (κ3) is 2.40. The predicted molar refractivity (Wildman–Crippen MR) is 79.8 cm³/mol. The lowest BCUT2D eigenvalue weighted by Crippen LogP contribution is -2.58. The summed E-state index contributed by atoms with van der Waals surface area (Å²) < 4.78 is 5.28. The molecule has 0 aliphatic heterocycles. The number of methoxy groups -OCH3 is 1. The van der Waals surface area contributed by atoms with Gasteiger partial charge in [-0.1, -0.05) is 12.1 Å². The van der Waals surface area contributed by atoms with Crippen LogP contribution in [0.5, 0.6) is 5.75 Å². The van der Waals surface area contributed by atoms with Gasteiger partial charge in [0.25, 0.3) is 0 Å². The van der Waals surface area contributed by atoms with Crippen LogP contribution < -0.4 is 10.5 Å². The molecule has 0 saturated heterocycles. The highest BCUT2D eigenvalue weighted by atomic mass is 16.5. The topological polar surface area (TPSA) is 55.6 Å². The Balaban J connectivity index is 2.37. The number of hydrogen-bond acceptors (Lipinski definition) is 3. The molecular weight excluding hydrogens is 252 g/mol. The van der Waals surface area contributed by atoms with Gasteiger partial charge in [0, 0.05) is 19.1 Å². The van der Waals surface area contributed by atoms with Gasteiger partial charge in [-0.05, 0) is 44.4 Å². The molecule has 1 aromatic carbocycles. The quantitative estimate of drug-likeness (QED) is 0.894. The highest BCUT2D eigenvalue weighted by Gasteiger charge is 2.51. The van der Waals surface area contributed by atoms with E-state index in [2.05, 4.69) is 0 Å². The van der Waals surface area contributed by atoms with Gasteiger partial charge in [0.2, 0.25) is 5.91 Å². The number of ether oxygens (including phenoxy) is 1. The first-order valence-electron chi connectivity index (χ1n) is 7.27. The number of rotatable bonds is 5. The molecule has 0 spiro atoms. The van der Waals surface area contributed by atoms with Crippen molar-refractivity contribution < 1.29 is 9.53 Å². The summed E-state index contributed by atoms with van der Waals surface area (Å²) in [5.41, 5.74) is 6.55. The summed E-state index contributed by atoms with van der Waals surface area (Å²) in [6.45, 7) is 5.49. The summed E-state index contributed by atoms with van der Waals surface area (Å²) >= 11 is 0. The van der Waals surface area contributed by atoms with Crippen LogP contribution in [0.15, 0.2) is 24.3 Å². The van der Waals surface area contributed by atoms with E-state index in [-0.39, 0.29) is 11.9 Å². The zero-order valence-electron chi connectivity index (χ0n) is 12.6. The van der Waals surface area contributed by atoms with Crippen LogP contribution in [0.25, 0.3) is 0 Å². The van der Waals surface area contributed by atoms with Crippen molar-refractivity contribution in [1.82, 2.24) is 4.90 Å². The van der Waals surface area contributed by atoms with Crippen molar-refractivity contribution in [3.8, 4) is 5.75 Å². The molecule has 0 radical (unpaired) electrons. The van der Waals surface area contributed by atoms with E-state index < -0.39 is 5.41 Å². The van der Waals surface area contributed by atoms with E-state index in [1.54, 1.807) is 7.11 Å². The van der Waals surface area contributed by atoms with E-state index >= 15 is 0 Å². The van der Waals surface area contributed by atoms with Gasteiger partial charge < -0.3 is 15.4 Å². The molecule has 1 aliphatic rings. The molecule has 20 heavy (non-hydrogen) atoms. The first kappa shape index (κ1) is 14.9. The second-order valence-electron chi connectivity index (χ2n) is 5.46. The smallest absolute Gasteiger partial charge is 0.233 e. The van der Waals surface area contributed by atoms with Gasteiger partial charge in [0.05, 0.1) is 12.5 Å². The lowest BCUT2D eigenvalue weighted by atomic mass is 9.61. The minimum absolute atomic E-state index is 0.112. The van der Waals surface area contributed by atoms with E-state index in [1.165, 1.54) is 0 Å². The molecule has 0 bridgehead atoms. The second-order valence-corrected chi connectivity index (χ2v) is 5.46. The lowest BCUT2D eigenvalue weighted by molar-refractivity contribution is -0.141. The normalized spacial score (nSPS) is 24.9. The number of hydrogen-bond donors (Lipinski definition) is 1. The zero-order valence-corrected chi connectivity index (χ0v) is 12.6. The molecule has 1 saturated carbocycles. The molecule has 0 aromatic heterocycles. The van der Waals surface area contributed by atoms with Gasteiger partial charge in [-0.3, -0.25) is 4.79 Å². The maximum Gasteiger partial charge on any atom is 0.233 e.